The summed E-state index contributed by atoms with van der Waals surface area (Å²) in [7, 11) is 3.26. The third-order valence-corrected chi connectivity index (χ3v) is 4.96. The number of methoxy groups -OCH3 is 2. The van der Waals surface area contributed by atoms with Crippen LogP contribution in [0.1, 0.15) is 0 Å². The van der Waals surface area contributed by atoms with Crippen LogP contribution in [0.3, 0.4) is 0 Å². The Morgan fingerprint density at radius 3 is 2.18 bits per heavy atom. The molecule has 0 aliphatic carbocycles. The number of hydrogen-bond acceptors (Lipinski definition) is 4. The first kappa shape index (κ1) is 18.3. The molecule has 2 heterocycles. The van der Waals surface area contributed by atoms with Crippen molar-refractivity contribution in [3.05, 3.63) is 77.5 Å². The van der Waals surface area contributed by atoms with Crippen molar-refractivity contribution in [2.45, 2.75) is 0 Å². The van der Waals surface area contributed by atoms with Gasteiger partial charge in [-0.1, -0.05) is 15.9 Å². The summed E-state index contributed by atoms with van der Waals surface area (Å²) in [6.07, 6.45) is 3.56. The first-order valence-corrected chi connectivity index (χ1v) is 9.47. The molecule has 0 saturated carbocycles. The van der Waals surface area contributed by atoms with Gasteiger partial charge in [0.2, 0.25) is 0 Å². The zero-order valence-electron chi connectivity index (χ0n) is 15.5. The van der Waals surface area contributed by atoms with E-state index in [2.05, 4.69) is 27.0 Å². The molecule has 0 saturated heterocycles. The number of aromatic nitrogens is 3. The maximum atomic E-state index is 5.44. The molecular formula is C22H18BrN3O2. The van der Waals surface area contributed by atoms with Gasteiger partial charge in [-0.05, 0) is 60.7 Å². The molecule has 0 fully saturated rings. The summed E-state index contributed by atoms with van der Waals surface area (Å²) >= 11 is 3.49. The van der Waals surface area contributed by atoms with Gasteiger partial charge in [0.25, 0.3) is 0 Å². The van der Waals surface area contributed by atoms with Crippen LogP contribution in [0.5, 0.6) is 11.5 Å². The van der Waals surface area contributed by atoms with Crippen LogP contribution in [-0.2, 0) is 0 Å². The van der Waals surface area contributed by atoms with Gasteiger partial charge in [-0.3, -0.25) is 4.98 Å². The van der Waals surface area contributed by atoms with Gasteiger partial charge in [0, 0.05) is 28.0 Å². The second-order valence-electron chi connectivity index (χ2n) is 6.11. The number of halogens is 1. The lowest BCUT2D eigenvalue weighted by Gasteiger charge is -2.08. The average Bonchev–Trinajstić information content (AvgIpc) is 3.20. The minimum Gasteiger partial charge on any atom is -0.493 e. The quantitative estimate of drug-likeness (QED) is 0.422. The van der Waals surface area contributed by atoms with Crippen LogP contribution in [0.2, 0.25) is 0 Å². The molecule has 6 heteroatoms. The molecule has 0 aliphatic rings. The summed E-state index contributed by atoms with van der Waals surface area (Å²) in [6.45, 7) is 0. The van der Waals surface area contributed by atoms with E-state index in [-0.39, 0.29) is 0 Å². The van der Waals surface area contributed by atoms with Gasteiger partial charge in [-0.2, -0.15) is 5.10 Å². The zero-order valence-corrected chi connectivity index (χ0v) is 17.1. The molecule has 0 unspecified atom stereocenters. The third-order valence-electron chi connectivity index (χ3n) is 4.44. The van der Waals surface area contributed by atoms with E-state index >= 15 is 0 Å². The van der Waals surface area contributed by atoms with Gasteiger partial charge in [0.15, 0.2) is 11.5 Å². The van der Waals surface area contributed by atoms with E-state index in [1.165, 1.54) is 0 Å². The Kier molecular flexibility index (Phi) is 5.12. The molecule has 5 nitrogen and oxygen atoms in total. The van der Waals surface area contributed by atoms with Crippen molar-refractivity contribution < 1.29 is 9.47 Å². The maximum Gasteiger partial charge on any atom is 0.161 e. The molecule has 4 aromatic rings. The SMILES string of the molecule is COc1ccc(-c2cc(-c3ccncc3)n(-c3ccc(Br)cc3)n2)cc1OC. The fourth-order valence-corrected chi connectivity index (χ4v) is 3.29. The highest BCUT2D eigenvalue weighted by Crippen LogP contribution is 2.34. The summed E-state index contributed by atoms with van der Waals surface area (Å²) in [6, 6.07) is 19.9. The Morgan fingerprint density at radius 1 is 0.786 bits per heavy atom. The smallest absolute Gasteiger partial charge is 0.161 e. The van der Waals surface area contributed by atoms with Crippen molar-refractivity contribution in [1.82, 2.24) is 14.8 Å². The number of rotatable bonds is 5. The largest absolute Gasteiger partial charge is 0.493 e. The summed E-state index contributed by atoms with van der Waals surface area (Å²) in [5.41, 5.74) is 4.79. The van der Waals surface area contributed by atoms with E-state index in [1.807, 2.05) is 59.3 Å². The van der Waals surface area contributed by atoms with Crippen LogP contribution in [-0.4, -0.2) is 29.0 Å². The second kappa shape index (κ2) is 7.86. The number of pyridine rings is 1. The Hall–Kier alpha value is -3.12. The van der Waals surface area contributed by atoms with E-state index in [1.54, 1.807) is 26.6 Å². The highest BCUT2D eigenvalue weighted by molar-refractivity contribution is 9.10. The number of hydrogen-bond donors (Lipinski definition) is 0. The Balaban J connectivity index is 1.87. The van der Waals surface area contributed by atoms with Crippen molar-refractivity contribution in [1.29, 1.82) is 0 Å². The molecule has 0 N–H and O–H groups in total. The molecule has 0 aliphatic heterocycles. The highest BCUT2D eigenvalue weighted by Gasteiger charge is 2.15. The molecular weight excluding hydrogens is 418 g/mol. The molecule has 4 rings (SSSR count). The molecule has 0 spiro atoms. The number of ether oxygens (including phenoxy) is 2. The van der Waals surface area contributed by atoms with E-state index in [9.17, 15) is 0 Å². The van der Waals surface area contributed by atoms with Gasteiger partial charge in [0.05, 0.1) is 31.3 Å². The molecule has 2 aromatic carbocycles. The first-order chi connectivity index (χ1) is 13.7. The Morgan fingerprint density at radius 2 is 1.50 bits per heavy atom. The lowest BCUT2D eigenvalue weighted by Crippen LogP contribution is -1.99. The van der Waals surface area contributed by atoms with E-state index in [0.717, 1.165) is 32.7 Å². The molecule has 2 aromatic heterocycles. The van der Waals surface area contributed by atoms with Gasteiger partial charge >= 0.3 is 0 Å². The molecule has 0 amide bonds. The third kappa shape index (κ3) is 3.51. The molecule has 28 heavy (non-hydrogen) atoms. The van der Waals surface area contributed by atoms with Gasteiger partial charge in [0.1, 0.15) is 0 Å². The predicted octanol–water partition coefficient (Wildman–Crippen LogP) is 5.38. The summed E-state index contributed by atoms with van der Waals surface area (Å²) in [5.74, 6) is 1.36. The monoisotopic (exact) mass is 435 g/mol. The van der Waals surface area contributed by atoms with Crippen molar-refractivity contribution in [3.63, 3.8) is 0 Å². The topological polar surface area (TPSA) is 49.2 Å². The summed E-state index contributed by atoms with van der Waals surface area (Å²) in [4.78, 5) is 4.13. The van der Waals surface area contributed by atoms with Crippen LogP contribution >= 0.6 is 15.9 Å². The predicted molar refractivity (Wildman–Crippen MR) is 113 cm³/mol. The lowest BCUT2D eigenvalue weighted by atomic mass is 10.1. The fraction of sp³-hybridized carbons (Fsp3) is 0.0909. The van der Waals surface area contributed by atoms with Crippen LogP contribution in [0.25, 0.3) is 28.2 Å². The van der Waals surface area contributed by atoms with Crippen molar-refractivity contribution in [3.8, 4) is 39.7 Å². The summed E-state index contributed by atoms with van der Waals surface area (Å²) < 4.78 is 13.7. The standard InChI is InChI=1S/C22H18BrN3O2/c1-27-21-8-3-16(13-22(21)28-2)19-14-20(15-9-11-24-12-10-15)26(25-19)18-6-4-17(23)5-7-18/h3-14H,1-2H3. The molecule has 0 radical (unpaired) electrons. The summed E-state index contributed by atoms with van der Waals surface area (Å²) in [5, 5.41) is 4.87. The van der Waals surface area contributed by atoms with Crippen LogP contribution in [0.15, 0.2) is 77.5 Å². The van der Waals surface area contributed by atoms with Gasteiger partial charge in [-0.25, -0.2) is 4.68 Å². The first-order valence-electron chi connectivity index (χ1n) is 8.68. The van der Waals surface area contributed by atoms with E-state index < -0.39 is 0 Å². The molecule has 0 atom stereocenters. The Labute approximate surface area is 171 Å². The Bertz CT molecular complexity index is 1090. The van der Waals surface area contributed by atoms with Gasteiger partial charge < -0.3 is 9.47 Å². The van der Waals surface area contributed by atoms with Crippen LogP contribution < -0.4 is 9.47 Å². The lowest BCUT2D eigenvalue weighted by molar-refractivity contribution is 0.355. The van der Waals surface area contributed by atoms with Crippen LogP contribution in [0.4, 0.5) is 0 Å². The maximum absolute atomic E-state index is 5.44. The fourth-order valence-electron chi connectivity index (χ4n) is 3.03. The van der Waals surface area contributed by atoms with Crippen LogP contribution in [0, 0.1) is 0 Å². The van der Waals surface area contributed by atoms with Crippen molar-refractivity contribution in [2.75, 3.05) is 14.2 Å². The average molecular weight is 436 g/mol. The van der Waals surface area contributed by atoms with E-state index in [0.29, 0.717) is 11.5 Å². The second-order valence-corrected chi connectivity index (χ2v) is 7.02. The molecule has 140 valence electrons. The van der Waals surface area contributed by atoms with Gasteiger partial charge in [-0.15, -0.1) is 0 Å². The molecule has 0 bridgehead atoms. The minimum atomic E-state index is 0.670. The number of nitrogens with zero attached hydrogens (tertiary/aromatic N) is 3. The normalized spacial score (nSPS) is 10.7. The zero-order chi connectivity index (χ0) is 19.5. The van der Waals surface area contributed by atoms with E-state index in [4.69, 9.17) is 14.6 Å². The van der Waals surface area contributed by atoms with Crippen molar-refractivity contribution in [2.24, 2.45) is 0 Å². The number of benzene rings is 2. The van der Waals surface area contributed by atoms with Crippen molar-refractivity contribution >= 4 is 15.9 Å². The highest BCUT2D eigenvalue weighted by atomic mass is 79.9. The minimum absolute atomic E-state index is 0.670.